The van der Waals surface area contributed by atoms with Crippen LogP contribution >= 0.6 is 11.6 Å². The third-order valence-corrected chi connectivity index (χ3v) is 5.41. The molecule has 1 saturated heterocycles. The smallest absolute Gasteiger partial charge is 0.253 e. The highest BCUT2D eigenvalue weighted by molar-refractivity contribution is 6.30. The van der Waals surface area contributed by atoms with Gasteiger partial charge in [-0.3, -0.25) is 9.59 Å². The summed E-state index contributed by atoms with van der Waals surface area (Å²) in [5.41, 5.74) is 1.39. The lowest BCUT2D eigenvalue weighted by Crippen LogP contribution is -2.35. The van der Waals surface area contributed by atoms with Crippen molar-refractivity contribution in [2.75, 3.05) is 36.4 Å². The standard InChI is InChI=1S/C21H23ClN4O2/c22-17-6-4-16(5-7-17)21(28)26-11-1-10-25(12-13-26)19-9-8-18(14-23-19)24-20(27)15-2-3-15/h4-9,14-15H,1-3,10-13H2,(H,24,27). The second-order valence-corrected chi connectivity index (χ2v) is 7.74. The van der Waals surface area contributed by atoms with E-state index in [1.807, 2.05) is 17.0 Å². The Morgan fingerprint density at radius 1 is 1.00 bits per heavy atom. The first-order valence-corrected chi connectivity index (χ1v) is 10.0. The molecule has 2 aliphatic rings. The van der Waals surface area contributed by atoms with Gasteiger partial charge >= 0.3 is 0 Å². The van der Waals surface area contributed by atoms with Gasteiger partial charge in [0, 0.05) is 42.7 Å². The minimum Gasteiger partial charge on any atom is -0.355 e. The average molecular weight is 399 g/mol. The molecule has 2 fully saturated rings. The molecule has 146 valence electrons. The maximum Gasteiger partial charge on any atom is 0.253 e. The van der Waals surface area contributed by atoms with Crippen molar-refractivity contribution in [3.63, 3.8) is 0 Å². The topological polar surface area (TPSA) is 65.5 Å². The van der Waals surface area contributed by atoms with E-state index in [0.717, 1.165) is 43.9 Å². The van der Waals surface area contributed by atoms with Crippen molar-refractivity contribution in [2.24, 2.45) is 5.92 Å². The van der Waals surface area contributed by atoms with E-state index in [1.165, 1.54) is 0 Å². The van der Waals surface area contributed by atoms with Crippen molar-refractivity contribution in [1.82, 2.24) is 9.88 Å². The van der Waals surface area contributed by atoms with Gasteiger partial charge in [0.25, 0.3) is 5.91 Å². The molecule has 1 aliphatic carbocycles. The van der Waals surface area contributed by atoms with Crippen LogP contribution in [0.25, 0.3) is 0 Å². The van der Waals surface area contributed by atoms with Crippen molar-refractivity contribution in [1.29, 1.82) is 0 Å². The molecule has 0 radical (unpaired) electrons. The molecular formula is C21H23ClN4O2. The van der Waals surface area contributed by atoms with Crippen LogP contribution in [0, 0.1) is 5.92 Å². The third-order valence-electron chi connectivity index (χ3n) is 5.16. The molecule has 1 aromatic carbocycles. The van der Waals surface area contributed by atoms with Gasteiger partial charge in [0.2, 0.25) is 5.91 Å². The van der Waals surface area contributed by atoms with Crippen LogP contribution in [-0.4, -0.2) is 47.9 Å². The summed E-state index contributed by atoms with van der Waals surface area (Å²) in [5, 5.41) is 3.53. The summed E-state index contributed by atoms with van der Waals surface area (Å²) in [6, 6.07) is 10.8. The highest BCUT2D eigenvalue weighted by atomic mass is 35.5. The molecule has 1 aliphatic heterocycles. The number of hydrogen-bond acceptors (Lipinski definition) is 4. The Balaban J connectivity index is 1.36. The summed E-state index contributed by atoms with van der Waals surface area (Å²) in [5.74, 6) is 1.16. The van der Waals surface area contributed by atoms with Crippen LogP contribution in [0.5, 0.6) is 0 Å². The molecule has 0 unspecified atom stereocenters. The molecule has 2 amide bonds. The summed E-state index contributed by atoms with van der Waals surface area (Å²) in [7, 11) is 0. The van der Waals surface area contributed by atoms with Crippen molar-refractivity contribution in [3.8, 4) is 0 Å². The first kappa shape index (κ1) is 18.7. The number of anilines is 2. The molecule has 6 nitrogen and oxygen atoms in total. The number of amides is 2. The third kappa shape index (κ3) is 4.44. The number of carbonyl (C=O) groups is 2. The highest BCUT2D eigenvalue weighted by Crippen LogP contribution is 2.30. The lowest BCUT2D eigenvalue weighted by molar-refractivity contribution is -0.117. The quantitative estimate of drug-likeness (QED) is 0.856. The summed E-state index contributed by atoms with van der Waals surface area (Å²) < 4.78 is 0. The summed E-state index contributed by atoms with van der Waals surface area (Å²) >= 11 is 5.91. The van der Waals surface area contributed by atoms with Gasteiger partial charge < -0.3 is 15.1 Å². The molecule has 1 N–H and O–H groups in total. The first-order chi connectivity index (χ1) is 13.6. The van der Waals surface area contributed by atoms with Crippen LogP contribution in [0.2, 0.25) is 5.02 Å². The van der Waals surface area contributed by atoms with Crippen LogP contribution in [0.3, 0.4) is 0 Å². The Labute approximate surface area is 169 Å². The van der Waals surface area contributed by atoms with Crippen molar-refractivity contribution in [3.05, 3.63) is 53.2 Å². The number of rotatable bonds is 4. The SMILES string of the molecule is O=C(Nc1ccc(N2CCCN(C(=O)c3ccc(Cl)cc3)CC2)nc1)C1CC1. The van der Waals surface area contributed by atoms with Gasteiger partial charge in [-0.05, 0) is 55.7 Å². The average Bonchev–Trinajstić information content (AvgIpc) is 3.56. The second-order valence-electron chi connectivity index (χ2n) is 7.31. The number of pyridine rings is 1. The lowest BCUT2D eigenvalue weighted by atomic mass is 10.2. The summed E-state index contributed by atoms with van der Waals surface area (Å²) in [6.45, 7) is 2.92. The van der Waals surface area contributed by atoms with Crippen LogP contribution in [-0.2, 0) is 4.79 Å². The van der Waals surface area contributed by atoms with E-state index < -0.39 is 0 Å². The minimum absolute atomic E-state index is 0.0320. The molecule has 1 saturated carbocycles. The van der Waals surface area contributed by atoms with Gasteiger partial charge in [-0.15, -0.1) is 0 Å². The van der Waals surface area contributed by atoms with E-state index in [0.29, 0.717) is 23.7 Å². The van der Waals surface area contributed by atoms with Gasteiger partial charge in [-0.1, -0.05) is 11.6 Å². The normalized spacial score (nSPS) is 17.2. The zero-order chi connectivity index (χ0) is 19.5. The van der Waals surface area contributed by atoms with Gasteiger partial charge in [0.05, 0.1) is 11.9 Å². The monoisotopic (exact) mass is 398 g/mol. The second kappa shape index (κ2) is 8.19. The Morgan fingerprint density at radius 2 is 1.79 bits per heavy atom. The number of hydrogen-bond donors (Lipinski definition) is 1. The number of aromatic nitrogens is 1. The molecular weight excluding hydrogens is 376 g/mol. The van der Waals surface area contributed by atoms with Crippen molar-refractivity contribution in [2.45, 2.75) is 19.3 Å². The van der Waals surface area contributed by atoms with E-state index in [-0.39, 0.29) is 17.7 Å². The first-order valence-electron chi connectivity index (χ1n) is 9.67. The summed E-state index contributed by atoms with van der Waals surface area (Å²) in [4.78, 5) is 33.1. The molecule has 0 atom stereocenters. The van der Waals surface area contributed by atoms with E-state index in [1.54, 1.807) is 30.5 Å². The van der Waals surface area contributed by atoms with E-state index >= 15 is 0 Å². The van der Waals surface area contributed by atoms with E-state index in [2.05, 4.69) is 15.2 Å². The lowest BCUT2D eigenvalue weighted by Gasteiger charge is -2.23. The van der Waals surface area contributed by atoms with E-state index in [4.69, 9.17) is 11.6 Å². The zero-order valence-electron chi connectivity index (χ0n) is 15.6. The Morgan fingerprint density at radius 3 is 2.46 bits per heavy atom. The zero-order valence-corrected chi connectivity index (χ0v) is 16.4. The predicted octanol–water partition coefficient (Wildman–Crippen LogP) is 3.44. The molecule has 2 heterocycles. The molecule has 28 heavy (non-hydrogen) atoms. The Kier molecular flexibility index (Phi) is 5.48. The number of nitrogens with zero attached hydrogens (tertiary/aromatic N) is 3. The molecule has 0 bridgehead atoms. The van der Waals surface area contributed by atoms with Crippen LogP contribution in [0.15, 0.2) is 42.6 Å². The molecule has 2 aromatic rings. The fraction of sp³-hybridized carbons (Fsp3) is 0.381. The number of nitrogens with one attached hydrogen (secondary N) is 1. The highest BCUT2D eigenvalue weighted by Gasteiger charge is 2.29. The number of halogens is 1. The Bertz CT molecular complexity index is 850. The molecule has 4 rings (SSSR count). The van der Waals surface area contributed by atoms with Crippen LogP contribution in [0.1, 0.15) is 29.6 Å². The molecule has 7 heteroatoms. The maximum atomic E-state index is 12.7. The predicted molar refractivity (Wildman–Crippen MR) is 110 cm³/mol. The molecule has 1 aromatic heterocycles. The van der Waals surface area contributed by atoms with Crippen molar-refractivity contribution < 1.29 is 9.59 Å². The largest absolute Gasteiger partial charge is 0.355 e. The summed E-state index contributed by atoms with van der Waals surface area (Å²) in [6.07, 6.45) is 4.55. The van der Waals surface area contributed by atoms with Gasteiger partial charge in [-0.25, -0.2) is 4.98 Å². The molecule has 0 spiro atoms. The maximum absolute atomic E-state index is 12.7. The fourth-order valence-corrected chi connectivity index (χ4v) is 3.49. The van der Waals surface area contributed by atoms with Crippen LogP contribution < -0.4 is 10.2 Å². The van der Waals surface area contributed by atoms with Crippen LogP contribution in [0.4, 0.5) is 11.5 Å². The fourth-order valence-electron chi connectivity index (χ4n) is 3.36. The number of benzene rings is 1. The minimum atomic E-state index is 0.0320. The van der Waals surface area contributed by atoms with Gasteiger partial charge in [0.1, 0.15) is 5.82 Å². The van der Waals surface area contributed by atoms with Crippen molar-refractivity contribution >= 4 is 34.9 Å². The Hall–Kier alpha value is -2.60. The number of carbonyl (C=O) groups excluding carboxylic acids is 2. The van der Waals surface area contributed by atoms with E-state index in [9.17, 15) is 9.59 Å². The van der Waals surface area contributed by atoms with Gasteiger partial charge in [-0.2, -0.15) is 0 Å². The van der Waals surface area contributed by atoms with Gasteiger partial charge in [0.15, 0.2) is 0 Å².